The zero-order valence-corrected chi connectivity index (χ0v) is 46.2. The van der Waals surface area contributed by atoms with Crippen LogP contribution in [0.1, 0.15) is 94.2 Å². The fourth-order valence-electron chi connectivity index (χ4n) is 3.73. The van der Waals surface area contributed by atoms with Crippen LogP contribution in [-0.4, -0.2) is 93.4 Å². The van der Waals surface area contributed by atoms with Gasteiger partial charge in [0.15, 0.2) is 0 Å². The largest absolute Gasteiger partial charge is 0.499 e. The van der Waals surface area contributed by atoms with Crippen molar-refractivity contribution in [1.29, 1.82) is 0 Å². The van der Waals surface area contributed by atoms with E-state index in [0.717, 1.165) is 4.47 Å². The quantitative estimate of drug-likeness (QED) is 0.0905. The average molecular weight is 1340 g/mol. The molecule has 2 radical (unpaired) electrons. The summed E-state index contributed by atoms with van der Waals surface area (Å²) in [6.07, 6.45) is 31.2. The summed E-state index contributed by atoms with van der Waals surface area (Å²) in [5.41, 5.74) is -8.87. The van der Waals surface area contributed by atoms with Gasteiger partial charge in [0.2, 0.25) is 0 Å². The Labute approximate surface area is 379 Å². The molecule has 0 fully saturated rings. The summed E-state index contributed by atoms with van der Waals surface area (Å²) in [5, 5.41) is 0. The Bertz CT molecular complexity index is 976. The van der Waals surface area contributed by atoms with Gasteiger partial charge in [-0.2, -0.15) is 26.3 Å². The van der Waals surface area contributed by atoms with Gasteiger partial charge < -0.3 is 0 Å². The Morgan fingerprint density at radius 3 is 0.836 bits per heavy atom. The Balaban J connectivity index is -0.0000000783. The van der Waals surface area contributed by atoms with Gasteiger partial charge in [-0.05, 0) is 115 Å². The zero-order valence-electron chi connectivity index (χ0n) is 34.4. The maximum absolute atomic E-state index is 10.6. The number of halogens is 7. The maximum Gasteiger partial charge on any atom is 0.499 e. The van der Waals surface area contributed by atoms with Gasteiger partial charge in [-0.1, -0.05) is 0 Å². The third kappa shape index (κ3) is 55.9. The van der Waals surface area contributed by atoms with Crippen molar-refractivity contribution in [3.8, 4) is 11.8 Å². The van der Waals surface area contributed by atoms with Gasteiger partial charge in [-0.25, -0.2) is 8.42 Å². The third-order valence-electron chi connectivity index (χ3n) is 7.56. The van der Waals surface area contributed by atoms with Crippen LogP contribution in [0.3, 0.4) is 0 Å². The van der Waals surface area contributed by atoms with Crippen LogP contribution in [0.25, 0.3) is 0 Å². The summed E-state index contributed by atoms with van der Waals surface area (Å²) < 4.78 is 99.8. The van der Waals surface area contributed by atoms with E-state index in [0.29, 0.717) is 11.1 Å². The van der Waals surface area contributed by atoms with Gasteiger partial charge in [0.25, 0.3) is 22.2 Å². The van der Waals surface area contributed by atoms with E-state index in [1.807, 2.05) is 0 Å². The molecule has 2 unspecified atom stereocenters. The zero-order chi connectivity index (χ0) is 43.2. The van der Waals surface area contributed by atoms with Gasteiger partial charge in [0, 0.05) is 42.1 Å². The van der Waals surface area contributed by atoms with Gasteiger partial charge >= 0.3 is 85.4 Å². The van der Waals surface area contributed by atoms with E-state index in [1.54, 1.807) is 18.2 Å². The number of hydrogen-bond donors (Lipinski definition) is 0. The molecule has 0 aromatic heterocycles. The van der Waals surface area contributed by atoms with E-state index >= 15 is 0 Å². The van der Waals surface area contributed by atoms with Crippen LogP contribution in [0.15, 0.2) is 22.7 Å². The van der Waals surface area contributed by atoms with Gasteiger partial charge in [0.1, 0.15) is 0 Å². The van der Waals surface area contributed by atoms with Crippen LogP contribution in [0, 0.1) is 24.7 Å². The van der Waals surface area contributed by atoms with Crippen LogP contribution < -0.4 is 0 Å². The Hall–Kier alpha value is 1.94. The van der Waals surface area contributed by atoms with E-state index in [-0.39, 0.29) is 73.8 Å². The molecule has 55 heavy (non-hydrogen) atoms. The summed E-state index contributed by atoms with van der Waals surface area (Å²) >= 11 is -4.62. The summed E-state index contributed by atoms with van der Waals surface area (Å²) in [6.45, 7) is 27.7. The average Bonchev–Trinajstić information content (AvgIpc) is 3.12. The number of alkyl halides is 6. The normalized spacial score (nSPS) is 11.2. The minimum absolute atomic E-state index is 0. The first-order valence-electron chi connectivity index (χ1n) is 17.9. The fourth-order valence-corrected chi connectivity index (χ4v) is 10.2. The van der Waals surface area contributed by atoms with Crippen LogP contribution in [-0.2, 0) is 73.4 Å². The van der Waals surface area contributed by atoms with Gasteiger partial charge in [-0.3, -0.25) is 0 Å². The van der Waals surface area contributed by atoms with Crippen molar-refractivity contribution in [2.75, 3.05) is 73.9 Å². The number of hydrogen-bond acceptors (Lipinski definition) is 2. The second kappa shape index (κ2) is 50.3. The molecule has 0 heterocycles. The van der Waals surface area contributed by atoms with E-state index in [4.69, 9.17) is 30.4 Å². The van der Waals surface area contributed by atoms with Crippen molar-refractivity contribution in [2.45, 2.75) is 94.1 Å². The summed E-state index contributed by atoms with van der Waals surface area (Å²) in [7, 11) is 0.549. The molecular formula is C36H67BrF6O4P4Pt2S2+4. The second-order valence-electron chi connectivity index (χ2n) is 10.6. The predicted molar refractivity (Wildman–Crippen MR) is 236 cm³/mol. The molecule has 0 amide bonds. The molecule has 19 heteroatoms. The molecule has 1 aromatic rings. The molecule has 0 saturated heterocycles. The first-order valence-corrected chi connectivity index (χ1v) is 29.3. The molecule has 4 nitrogen and oxygen atoms in total. The number of benzene rings is 1. The topological polar surface area (TPSA) is 73.9 Å². The van der Waals surface area contributed by atoms with E-state index in [1.165, 1.54) is 73.9 Å². The molecule has 0 saturated carbocycles. The first kappa shape index (κ1) is 74.4. The van der Waals surface area contributed by atoms with Crippen molar-refractivity contribution in [2.24, 2.45) is 0 Å². The minimum Gasteiger partial charge on any atom is -0.217 e. The molecule has 2 atom stereocenters. The van der Waals surface area contributed by atoms with Gasteiger partial charge in [-0.15, -0.1) is 9.11 Å². The molecule has 332 valence electrons. The molecule has 0 aliphatic rings. The number of rotatable bonds is 12. The van der Waals surface area contributed by atoms with Crippen LogP contribution in [0.4, 0.5) is 26.3 Å². The first-order chi connectivity index (χ1) is 24.5. The van der Waals surface area contributed by atoms with Crippen LogP contribution in [0.5, 0.6) is 0 Å². The Morgan fingerprint density at radius 2 is 0.727 bits per heavy atom. The summed E-state index contributed by atoms with van der Waals surface area (Å²) in [4.78, 5) is 0. The van der Waals surface area contributed by atoms with Crippen molar-refractivity contribution in [1.82, 2.24) is 0 Å². The monoisotopic (exact) mass is 1330 g/mol. The van der Waals surface area contributed by atoms with Crippen molar-refractivity contribution < 1.29 is 86.0 Å². The molecule has 1 rings (SSSR count). The molecular weight excluding hydrogens is 1270 g/mol. The van der Waals surface area contributed by atoms with Crippen LogP contribution in [0.2, 0.25) is 0 Å². The molecule has 0 aliphatic carbocycles. The molecule has 0 N–H and O–H groups in total. The van der Waals surface area contributed by atoms with Crippen LogP contribution >= 0.6 is 47.6 Å². The fraction of sp³-hybridized carbons (Fsp3) is 0.722. The standard InChI is InChI=1S/C10H3Br.4C6H15P.2CF3O2S.2Pt/c1-3-8-5-9(4-2)7-10(11)6-8;4*1-4-7(5-2)6-3;2*2-1(3,4)7(5)6;;/h5-7H;4*4-6H2,1-3H3;;;;/p+4. The maximum atomic E-state index is 10.6. The molecule has 0 bridgehead atoms. The second-order valence-corrected chi connectivity index (χ2v) is 27.8. The van der Waals surface area contributed by atoms with Gasteiger partial charge in [0.05, 0.1) is 73.9 Å². The van der Waals surface area contributed by atoms with Crippen molar-refractivity contribution in [3.63, 3.8) is 0 Å². The van der Waals surface area contributed by atoms with Crippen molar-refractivity contribution in [3.05, 3.63) is 46.6 Å². The van der Waals surface area contributed by atoms with E-state index < -0.39 is 33.2 Å². The Kier molecular flexibility index (Phi) is 68.0. The Morgan fingerprint density at radius 1 is 0.545 bits per heavy atom. The van der Waals surface area contributed by atoms with E-state index in [2.05, 4.69) is 111 Å². The third-order valence-corrected chi connectivity index (χ3v) is 20.8. The molecule has 0 spiro atoms. The SMILES string of the molecule is CC[PH+](CC)CC.CC[PH+](CC)CC.CC[PH+](CC)CC.CC[PH+](CC)CC.[C+]#Cc1cc(Br)cc(C#[C-])c1.[O]S(=O)C(F)(F)F.[O]S(=O)C(F)(F)F.[Pt].[Pt]. The molecule has 1 aromatic carbocycles. The summed E-state index contributed by atoms with van der Waals surface area (Å²) in [6, 6.07) is 5.19. The smallest absolute Gasteiger partial charge is 0.217 e. The molecule has 0 aliphatic heterocycles. The van der Waals surface area contributed by atoms with Crippen molar-refractivity contribution >= 4 is 69.8 Å². The minimum atomic E-state index is -5.08. The van der Waals surface area contributed by atoms with E-state index in [9.17, 15) is 26.3 Å². The summed E-state index contributed by atoms with van der Waals surface area (Å²) in [5.74, 6) is 4.48. The predicted octanol–water partition coefficient (Wildman–Crippen LogP) is 12.6.